The molecule has 4 nitrogen and oxygen atoms in total. The minimum Gasteiger partial charge on any atom is -0.352 e. The topological polar surface area (TPSA) is 55.0 Å². The number of hydrogen-bond donors (Lipinski definition) is 1. The average Bonchev–Trinajstić information content (AvgIpc) is 2.65. The van der Waals surface area contributed by atoms with E-state index in [1.165, 1.54) is 6.42 Å². The summed E-state index contributed by atoms with van der Waals surface area (Å²) >= 11 is 5.73. The minimum atomic E-state index is 0.296. The van der Waals surface area contributed by atoms with Gasteiger partial charge in [0.15, 0.2) is 0 Å². The molecule has 1 aromatic rings. The van der Waals surface area contributed by atoms with Crippen LogP contribution in [0.25, 0.3) is 0 Å². The number of halogens is 1. The highest BCUT2D eigenvalue weighted by Gasteiger charge is 2.24. The summed E-state index contributed by atoms with van der Waals surface area (Å²) in [5, 5.41) is 0.296. The first-order chi connectivity index (χ1) is 6.81. The molecule has 0 unspecified atom stereocenters. The van der Waals surface area contributed by atoms with Gasteiger partial charge in [-0.2, -0.15) is 0 Å². The maximum absolute atomic E-state index is 5.73. The lowest BCUT2D eigenvalue weighted by molar-refractivity contribution is 0.671. The summed E-state index contributed by atoms with van der Waals surface area (Å²) in [6.45, 7) is 1.68. The zero-order chi connectivity index (χ0) is 9.97. The zero-order valence-corrected chi connectivity index (χ0v) is 8.61. The molecule has 0 aromatic carbocycles. The summed E-state index contributed by atoms with van der Waals surface area (Å²) in [4.78, 5) is 10.2. The highest BCUT2D eigenvalue weighted by molar-refractivity contribution is 6.28. The van der Waals surface area contributed by atoms with Crippen LogP contribution < -0.4 is 10.6 Å². The second kappa shape index (κ2) is 4.11. The second-order valence-electron chi connectivity index (χ2n) is 3.41. The Labute approximate surface area is 88.1 Å². The molecule has 1 aliphatic rings. The first-order valence-corrected chi connectivity index (χ1v) is 5.14. The summed E-state index contributed by atoms with van der Waals surface area (Å²) in [6, 6.07) is 2.28. The van der Waals surface area contributed by atoms with Gasteiger partial charge in [0.05, 0.1) is 0 Å². The molecule has 2 rings (SSSR count). The van der Waals surface area contributed by atoms with Crippen molar-refractivity contribution in [1.29, 1.82) is 0 Å². The van der Waals surface area contributed by atoms with Crippen molar-refractivity contribution < 1.29 is 0 Å². The van der Waals surface area contributed by atoms with Gasteiger partial charge < -0.3 is 10.6 Å². The molecule has 2 N–H and O–H groups in total. The Morgan fingerprint density at radius 3 is 3.21 bits per heavy atom. The highest BCUT2D eigenvalue weighted by Crippen LogP contribution is 2.23. The lowest BCUT2D eigenvalue weighted by Gasteiger charge is -2.24. The fourth-order valence-electron chi connectivity index (χ4n) is 1.87. The van der Waals surface area contributed by atoms with Crippen LogP contribution in [-0.2, 0) is 0 Å². The van der Waals surface area contributed by atoms with E-state index < -0.39 is 0 Å². The van der Waals surface area contributed by atoms with Crippen LogP contribution >= 0.6 is 11.6 Å². The predicted molar refractivity (Wildman–Crippen MR) is 56.5 cm³/mol. The van der Waals surface area contributed by atoms with Gasteiger partial charge in [0.2, 0.25) is 5.28 Å². The maximum Gasteiger partial charge on any atom is 0.224 e. The third kappa shape index (κ3) is 1.81. The summed E-state index contributed by atoms with van der Waals surface area (Å²) in [5.41, 5.74) is 5.68. The molecule has 0 spiro atoms. The van der Waals surface area contributed by atoms with Crippen molar-refractivity contribution >= 4 is 17.4 Å². The van der Waals surface area contributed by atoms with Crippen LogP contribution in [0.3, 0.4) is 0 Å². The standard InChI is InChI=1S/C9H13ClN4/c10-9-12-4-3-8(13-9)14-5-1-2-7(14)6-11/h3-4,7H,1-2,5-6,11H2/t7-/m1/s1. The van der Waals surface area contributed by atoms with Crippen molar-refractivity contribution in [2.75, 3.05) is 18.0 Å². The lowest BCUT2D eigenvalue weighted by atomic mass is 10.2. The summed E-state index contributed by atoms with van der Waals surface area (Å²) < 4.78 is 0. The zero-order valence-electron chi connectivity index (χ0n) is 7.86. The maximum atomic E-state index is 5.73. The van der Waals surface area contributed by atoms with E-state index in [-0.39, 0.29) is 0 Å². The Kier molecular flexibility index (Phi) is 2.84. The number of aromatic nitrogens is 2. The van der Waals surface area contributed by atoms with Crippen molar-refractivity contribution in [3.8, 4) is 0 Å². The minimum absolute atomic E-state index is 0.296. The van der Waals surface area contributed by atoms with E-state index in [2.05, 4.69) is 14.9 Å². The second-order valence-corrected chi connectivity index (χ2v) is 3.75. The van der Waals surface area contributed by atoms with E-state index in [4.69, 9.17) is 17.3 Å². The van der Waals surface area contributed by atoms with Crippen LogP contribution in [0.2, 0.25) is 5.28 Å². The third-order valence-corrected chi connectivity index (χ3v) is 2.74. The number of nitrogens with zero attached hydrogens (tertiary/aromatic N) is 3. The molecule has 1 atom stereocenters. The van der Waals surface area contributed by atoms with Gasteiger partial charge >= 0.3 is 0 Å². The summed E-state index contributed by atoms with van der Waals surface area (Å²) in [5.74, 6) is 0.887. The van der Waals surface area contributed by atoms with Crippen LogP contribution in [-0.4, -0.2) is 29.1 Å². The van der Waals surface area contributed by atoms with Gasteiger partial charge in [0.1, 0.15) is 5.82 Å². The van der Waals surface area contributed by atoms with Crippen molar-refractivity contribution in [3.05, 3.63) is 17.5 Å². The first-order valence-electron chi connectivity index (χ1n) is 4.76. The first kappa shape index (κ1) is 9.68. The van der Waals surface area contributed by atoms with Crippen LogP contribution in [0, 0.1) is 0 Å². The van der Waals surface area contributed by atoms with Gasteiger partial charge in [-0.05, 0) is 30.5 Å². The number of hydrogen-bond acceptors (Lipinski definition) is 4. The smallest absolute Gasteiger partial charge is 0.224 e. The highest BCUT2D eigenvalue weighted by atomic mass is 35.5. The van der Waals surface area contributed by atoms with Crippen LogP contribution in [0.5, 0.6) is 0 Å². The molecule has 1 saturated heterocycles. The average molecular weight is 213 g/mol. The van der Waals surface area contributed by atoms with Gasteiger partial charge in [0.25, 0.3) is 0 Å². The molecular weight excluding hydrogens is 200 g/mol. The van der Waals surface area contributed by atoms with Gasteiger partial charge in [-0.15, -0.1) is 0 Å². The molecule has 0 aliphatic carbocycles. The molecule has 0 saturated carbocycles. The molecule has 0 amide bonds. The van der Waals surface area contributed by atoms with E-state index in [0.29, 0.717) is 17.9 Å². The molecular formula is C9H13ClN4. The number of rotatable bonds is 2. The fourth-order valence-corrected chi connectivity index (χ4v) is 2.01. The van der Waals surface area contributed by atoms with Gasteiger partial charge in [-0.3, -0.25) is 0 Å². The molecule has 1 aromatic heterocycles. The third-order valence-electron chi connectivity index (χ3n) is 2.55. The van der Waals surface area contributed by atoms with Gasteiger partial charge in [0, 0.05) is 25.3 Å². The lowest BCUT2D eigenvalue weighted by Crippen LogP contribution is -2.35. The fraction of sp³-hybridized carbons (Fsp3) is 0.556. The summed E-state index contributed by atoms with van der Waals surface area (Å²) in [6.07, 6.45) is 3.98. The van der Waals surface area contributed by atoms with Crippen molar-refractivity contribution in [2.24, 2.45) is 5.73 Å². The number of anilines is 1. The normalized spacial score (nSPS) is 21.6. The quantitative estimate of drug-likeness (QED) is 0.745. The molecule has 1 aliphatic heterocycles. The van der Waals surface area contributed by atoms with Gasteiger partial charge in [-0.25, -0.2) is 9.97 Å². The van der Waals surface area contributed by atoms with E-state index in [1.807, 2.05) is 6.07 Å². The van der Waals surface area contributed by atoms with Crippen molar-refractivity contribution in [1.82, 2.24) is 9.97 Å². The Morgan fingerprint density at radius 2 is 2.50 bits per heavy atom. The molecule has 14 heavy (non-hydrogen) atoms. The molecule has 5 heteroatoms. The van der Waals surface area contributed by atoms with E-state index in [9.17, 15) is 0 Å². The van der Waals surface area contributed by atoms with Gasteiger partial charge in [-0.1, -0.05) is 0 Å². The monoisotopic (exact) mass is 212 g/mol. The van der Waals surface area contributed by atoms with Crippen molar-refractivity contribution in [2.45, 2.75) is 18.9 Å². The Balaban J connectivity index is 2.21. The van der Waals surface area contributed by atoms with E-state index in [0.717, 1.165) is 18.8 Å². The van der Waals surface area contributed by atoms with Crippen molar-refractivity contribution in [3.63, 3.8) is 0 Å². The molecule has 0 radical (unpaired) electrons. The predicted octanol–water partition coefficient (Wildman–Crippen LogP) is 1.06. The molecule has 2 heterocycles. The van der Waals surface area contributed by atoms with E-state index >= 15 is 0 Å². The molecule has 1 fully saturated rings. The van der Waals surface area contributed by atoms with Crippen LogP contribution in [0.4, 0.5) is 5.82 Å². The number of nitrogens with two attached hydrogens (primary N) is 1. The largest absolute Gasteiger partial charge is 0.352 e. The molecule has 0 bridgehead atoms. The van der Waals surface area contributed by atoms with Crippen LogP contribution in [0.15, 0.2) is 12.3 Å². The summed E-state index contributed by atoms with van der Waals surface area (Å²) in [7, 11) is 0. The SMILES string of the molecule is NC[C@H]1CCCN1c1ccnc(Cl)n1. The Morgan fingerprint density at radius 1 is 1.64 bits per heavy atom. The van der Waals surface area contributed by atoms with E-state index in [1.54, 1.807) is 6.20 Å². The molecule has 76 valence electrons. The Bertz CT molecular complexity index is 317. The Hall–Kier alpha value is -0.870. The van der Waals surface area contributed by atoms with Crippen LogP contribution in [0.1, 0.15) is 12.8 Å².